The minimum atomic E-state index is -0.815. The lowest BCUT2D eigenvalue weighted by molar-refractivity contribution is -0.136. The van der Waals surface area contributed by atoms with Gasteiger partial charge in [0.15, 0.2) is 0 Å². The highest BCUT2D eigenvalue weighted by Gasteiger charge is 2.06. The topological polar surface area (TPSA) is 42.2 Å². The van der Waals surface area contributed by atoms with Gasteiger partial charge in [-0.2, -0.15) is 0 Å². The summed E-state index contributed by atoms with van der Waals surface area (Å²) in [6.45, 7) is 0.733. The lowest BCUT2D eigenvalue weighted by Gasteiger charge is -2.07. The zero-order chi connectivity index (χ0) is 14.8. The summed E-state index contributed by atoms with van der Waals surface area (Å²) in [5.74, 6) is -0.815. The summed E-state index contributed by atoms with van der Waals surface area (Å²) in [5.41, 5.74) is 3.01. The standard InChI is InChI=1S/C17H14ClNO2/c18-15-5-2-12(3-6-15)11-19-8-7-14-4-1-13(9-16(14)19)10-17(20)21/h1-9H,10-11H2,(H,20,21). The Labute approximate surface area is 127 Å². The molecule has 1 aromatic heterocycles. The van der Waals surface area contributed by atoms with Crippen LogP contribution in [0.3, 0.4) is 0 Å². The first-order valence-electron chi connectivity index (χ1n) is 6.66. The van der Waals surface area contributed by atoms with Gasteiger partial charge in [0.2, 0.25) is 0 Å². The molecule has 0 amide bonds. The van der Waals surface area contributed by atoms with Gasteiger partial charge in [-0.3, -0.25) is 4.79 Å². The molecule has 106 valence electrons. The molecule has 3 rings (SSSR count). The number of carboxylic acids is 1. The summed E-state index contributed by atoms with van der Waals surface area (Å²) in [6, 6.07) is 15.5. The molecule has 0 bridgehead atoms. The van der Waals surface area contributed by atoms with E-state index in [4.69, 9.17) is 16.7 Å². The van der Waals surface area contributed by atoms with Crippen LogP contribution in [0, 0.1) is 0 Å². The molecule has 0 atom stereocenters. The number of fused-ring (bicyclic) bond motifs is 1. The van der Waals surface area contributed by atoms with Gasteiger partial charge in [-0.05, 0) is 40.8 Å². The Morgan fingerprint density at radius 2 is 1.76 bits per heavy atom. The highest BCUT2D eigenvalue weighted by atomic mass is 35.5. The molecule has 0 saturated heterocycles. The van der Waals surface area contributed by atoms with Gasteiger partial charge in [-0.25, -0.2) is 0 Å². The third kappa shape index (κ3) is 3.09. The molecule has 1 heterocycles. The van der Waals surface area contributed by atoms with Crippen molar-refractivity contribution in [1.29, 1.82) is 0 Å². The fourth-order valence-corrected chi connectivity index (χ4v) is 2.56. The maximum atomic E-state index is 10.8. The van der Waals surface area contributed by atoms with Crippen LogP contribution in [0.25, 0.3) is 10.9 Å². The van der Waals surface area contributed by atoms with Crippen molar-refractivity contribution in [2.75, 3.05) is 0 Å². The number of carboxylic acid groups (broad SMARTS) is 1. The van der Waals surface area contributed by atoms with E-state index < -0.39 is 5.97 Å². The Balaban J connectivity index is 1.94. The van der Waals surface area contributed by atoms with Crippen LogP contribution in [0.1, 0.15) is 11.1 Å². The van der Waals surface area contributed by atoms with E-state index in [1.807, 2.05) is 54.7 Å². The summed E-state index contributed by atoms with van der Waals surface area (Å²) in [7, 11) is 0. The molecule has 0 spiro atoms. The summed E-state index contributed by atoms with van der Waals surface area (Å²) >= 11 is 5.90. The number of hydrogen-bond acceptors (Lipinski definition) is 1. The summed E-state index contributed by atoms with van der Waals surface area (Å²) in [5, 5.41) is 10.7. The molecule has 0 aliphatic rings. The lowest BCUT2D eigenvalue weighted by Crippen LogP contribution is -2.01. The van der Waals surface area contributed by atoms with Gasteiger partial charge in [0, 0.05) is 23.3 Å². The van der Waals surface area contributed by atoms with E-state index in [2.05, 4.69) is 4.57 Å². The number of hydrogen-bond donors (Lipinski definition) is 1. The van der Waals surface area contributed by atoms with Crippen molar-refractivity contribution >= 4 is 28.5 Å². The van der Waals surface area contributed by atoms with Crippen LogP contribution in [0.4, 0.5) is 0 Å². The van der Waals surface area contributed by atoms with E-state index >= 15 is 0 Å². The van der Waals surface area contributed by atoms with Gasteiger partial charge in [0.05, 0.1) is 6.42 Å². The highest BCUT2D eigenvalue weighted by Crippen LogP contribution is 2.20. The van der Waals surface area contributed by atoms with Crippen molar-refractivity contribution in [2.45, 2.75) is 13.0 Å². The van der Waals surface area contributed by atoms with Crippen LogP contribution in [-0.4, -0.2) is 15.6 Å². The predicted octanol–water partition coefficient (Wildman–Crippen LogP) is 3.97. The van der Waals surface area contributed by atoms with Crippen molar-refractivity contribution in [1.82, 2.24) is 4.57 Å². The first-order valence-corrected chi connectivity index (χ1v) is 7.03. The van der Waals surface area contributed by atoms with Crippen molar-refractivity contribution in [2.24, 2.45) is 0 Å². The van der Waals surface area contributed by atoms with E-state index in [9.17, 15) is 4.79 Å². The first kappa shape index (κ1) is 13.7. The summed E-state index contributed by atoms with van der Waals surface area (Å²) in [6.07, 6.45) is 2.06. The Bertz CT molecular complexity index is 790. The Morgan fingerprint density at radius 3 is 2.48 bits per heavy atom. The molecule has 3 nitrogen and oxygen atoms in total. The highest BCUT2D eigenvalue weighted by molar-refractivity contribution is 6.30. The van der Waals surface area contributed by atoms with Crippen LogP contribution in [0.2, 0.25) is 5.02 Å². The Morgan fingerprint density at radius 1 is 1.05 bits per heavy atom. The summed E-state index contributed by atoms with van der Waals surface area (Å²) < 4.78 is 2.12. The molecule has 0 fully saturated rings. The normalized spacial score (nSPS) is 10.9. The fourth-order valence-electron chi connectivity index (χ4n) is 2.44. The number of carbonyl (C=O) groups is 1. The predicted molar refractivity (Wildman–Crippen MR) is 83.8 cm³/mol. The number of benzene rings is 2. The molecule has 0 unspecified atom stereocenters. The SMILES string of the molecule is O=C(O)Cc1ccc2ccn(Cc3ccc(Cl)cc3)c2c1. The van der Waals surface area contributed by atoms with E-state index in [0.717, 1.165) is 33.6 Å². The fraction of sp³-hybridized carbons (Fsp3) is 0.118. The van der Waals surface area contributed by atoms with Crippen molar-refractivity contribution in [3.05, 3.63) is 70.9 Å². The van der Waals surface area contributed by atoms with Crippen LogP contribution < -0.4 is 0 Å². The van der Waals surface area contributed by atoms with Gasteiger partial charge in [-0.1, -0.05) is 35.9 Å². The van der Waals surface area contributed by atoms with Crippen LogP contribution in [0.15, 0.2) is 54.7 Å². The second-order valence-electron chi connectivity index (χ2n) is 5.03. The zero-order valence-corrected chi connectivity index (χ0v) is 12.0. The molecule has 4 heteroatoms. The minimum Gasteiger partial charge on any atom is -0.481 e. The minimum absolute atomic E-state index is 0.0437. The quantitative estimate of drug-likeness (QED) is 0.792. The van der Waals surface area contributed by atoms with Gasteiger partial charge in [0.25, 0.3) is 0 Å². The molecule has 0 radical (unpaired) electrons. The molecule has 0 aliphatic heterocycles. The average Bonchev–Trinajstić information content (AvgIpc) is 2.83. The monoisotopic (exact) mass is 299 g/mol. The zero-order valence-electron chi connectivity index (χ0n) is 11.3. The van der Waals surface area contributed by atoms with Gasteiger partial charge in [0.1, 0.15) is 0 Å². The van der Waals surface area contributed by atoms with Crippen LogP contribution in [0.5, 0.6) is 0 Å². The smallest absolute Gasteiger partial charge is 0.307 e. The van der Waals surface area contributed by atoms with E-state index in [1.54, 1.807) is 0 Å². The molecular weight excluding hydrogens is 286 g/mol. The number of nitrogens with zero attached hydrogens (tertiary/aromatic N) is 1. The summed E-state index contributed by atoms with van der Waals surface area (Å²) in [4.78, 5) is 10.8. The van der Waals surface area contributed by atoms with Gasteiger partial charge < -0.3 is 9.67 Å². The largest absolute Gasteiger partial charge is 0.481 e. The maximum Gasteiger partial charge on any atom is 0.307 e. The van der Waals surface area contributed by atoms with E-state index in [-0.39, 0.29) is 6.42 Å². The first-order chi connectivity index (χ1) is 10.1. The van der Waals surface area contributed by atoms with Gasteiger partial charge in [-0.15, -0.1) is 0 Å². The van der Waals surface area contributed by atoms with Crippen molar-refractivity contribution in [3.63, 3.8) is 0 Å². The molecular formula is C17H14ClNO2. The molecule has 1 N–H and O–H groups in total. The number of aliphatic carboxylic acids is 1. The average molecular weight is 300 g/mol. The third-order valence-electron chi connectivity index (χ3n) is 3.46. The number of rotatable bonds is 4. The Hall–Kier alpha value is -2.26. The van der Waals surface area contributed by atoms with E-state index in [0.29, 0.717) is 0 Å². The number of halogens is 1. The third-order valence-corrected chi connectivity index (χ3v) is 3.71. The second-order valence-corrected chi connectivity index (χ2v) is 5.47. The van der Waals surface area contributed by atoms with E-state index in [1.165, 1.54) is 0 Å². The molecule has 0 aliphatic carbocycles. The molecule has 2 aromatic carbocycles. The molecule has 3 aromatic rings. The number of aromatic nitrogens is 1. The maximum absolute atomic E-state index is 10.8. The van der Waals surface area contributed by atoms with Crippen molar-refractivity contribution < 1.29 is 9.90 Å². The lowest BCUT2D eigenvalue weighted by atomic mass is 10.1. The van der Waals surface area contributed by atoms with Crippen LogP contribution >= 0.6 is 11.6 Å². The van der Waals surface area contributed by atoms with Gasteiger partial charge >= 0.3 is 5.97 Å². The van der Waals surface area contributed by atoms with Crippen LogP contribution in [-0.2, 0) is 17.8 Å². The molecule has 0 saturated carbocycles. The Kier molecular flexibility index (Phi) is 3.67. The molecule has 21 heavy (non-hydrogen) atoms. The van der Waals surface area contributed by atoms with Crippen molar-refractivity contribution in [3.8, 4) is 0 Å². The second kappa shape index (κ2) is 5.62.